The predicted molar refractivity (Wildman–Crippen MR) is 127 cm³/mol. The third-order valence-electron chi connectivity index (χ3n) is 5.44. The zero-order valence-electron chi connectivity index (χ0n) is 17.6. The highest BCUT2D eigenvalue weighted by atomic mass is 32.2. The van der Waals surface area contributed by atoms with Crippen LogP contribution in [0.5, 0.6) is 0 Å². The minimum Gasteiger partial charge on any atom is -0.324 e. The Morgan fingerprint density at radius 3 is 2.57 bits per heavy atom. The first-order valence-electron chi connectivity index (χ1n) is 10.6. The van der Waals surface area contributed by atoms with Gasteiger partial charge in [0.05, 0.1) is 5.71 Å². The van der Waals surface area contributed by atoms with Crippen LogP contribution in [-0.4, -0.2) is 46.2 Å². The van der Waals surface area contributed by atoms with Crippen LogP contribution in [0.2, 0.25) is 0 Å². The molecule has 156 valence electrons. The average molecular weight is 421 g/mol. The van der Waals surface area contributed by atoms with E-state index in [9.17, 15) is 4.79 Å². The number of carbonyl (C=O) groups is 1. The van der Waals surface area contributed by atoms with Crippen molar-refractivity contribution < 1.29 is 4.79 Å². The number of benzene rings is 2. The first kappa shape index (κ1) is 20.7. The van der Waals surface area contributed by atoms with Crippen LogP contribution in [0.15, 0.2) is 64.6 Å². The largest absolute Gasteiger partial charge is 0.324 e. The molecule has 0 saturated carbocycles. The molecule has 1 fully saturated rings. The van der Waals surface area contributed by atoms with Gasteiger partial charge in [-0.2, -0.15) is 0 Å². The van der Waals surface area contributed by atoms with Crippen LogP contribution >= 0.6 is 11.8 Å². The SMILES string of the molecule is CCCSC1=NC2(CCN(C(=O)Nc3cccc(C)c3)CC2)N=C1c1ccccc1. The van der Waals surface area contributed by atoms with Gasteiger partial charge in [0.25, 0.3) is 0 Å². The number of aryl methyl sites for hydroxylation is 1. The molecule has 1 saturated heterocycles. The van der Waals surface area contributed by atoms with E-state index in [2.05, 4.69) is 24.4 Å². The number of nitrogens with zero attached hydrogens (tertiary/aromatic N) is 3. The second-order valence-electron chi connectivity index (χ2n) is 7.86. The van der Waals surface area contributed by atoms with Gasteiger partial charge < -0.3 is 10.2 Å². The molecule has 2 aromatic rings. The maximum atomic E-state index is 12.7. The van der Waals surface area contributed by atoms with E-state index >= 15 is 0 Å². The monoisotopic (exact) mass is 420 g/mol. The standard InChI is InChI=1S/C24H28N4OS/c1-3-16-30-22-21(19-9-5-4-6-10-19)26-24(27-22)12-14-28(15-13-24)23(29)25-20-11-7-8-18(2)17-20/h4-11,17H,3,12-16H2,1-2H3,(H,25,29). The third kappa shape index (κ3) is 4.59. The molecular weight excluding hydrogens is 392 g/mol. The molecule has 2 heterocycles. The van der Waals surface area contributed by atoms with Crippen LogP contribution in [0, 0.1) is 6.92 Å². The maximum absolute atomic E-state index is 12.7. The van der Waals surface area contributed by atoms with E-state index in [4.69, 9.17) is 9.98 Å². The molecular formula is C24H28N4OS. The van der Waals surface area contributed by atoms with Crippen LogP contribution in [-0.2, 0) is 0 Å². The number of thioether (sulfide) groups is 1. The van der Waals surface area contributed by atoms with Gasteiger partial charge >= 0.3 is 6.03 Å². The van der Waals surface area contributed by atoms with Crippen molar-refractivity contribution in [3.8, 4) is 0 Å². The number of hydrogen-bond donors (Lipinski definition) is 1. The van der Waals surface area contributed by atoms with E-state index < -0.39 is 5.66 Å². The van der Waals surface area contributed by atoms with Gasteiger partial charge in [-0.15, -0.1) is 11.8 Å². The smallest absolute Gasteiger partial charge is 0.321 e. The van der Waals surface area contributed by atoms with Gasteiger partial charge in [-0.25, -0.2) is 9.79 Å². The Morgan fingerprint density at radius 2 is 1.87 bits per heavy atom. The highest BCUT2D eigenvalue weighted by Gasteiger charge is 2.40. The van der Waals surface area contributed by atoms with E-state index in [-0.39, 0.29) is 6.03 Å². The molecule has 4 rings (SSSR count). The molecule has 0 aromatic heterocycles. The number of likely N-dealkylation sites (tertiary alicyclic amines) is 1. The Balaban J connectivity index is 1.46. The predicted octanol–water partition coefficient (Wildman–Crippen LogP) is 5.36. The lowest BCUT2D eigenvalue weighted by Crippen LogP contribution is -2.46. The highest BCUT2D eigenvalue weighted by molar-refractivity contribution is 8.15. The molecule has 2 amide bonds. The lowest BCUT2D eigenvalue weighted by Gasteiger charge is -2.35. The Labute approximate surface area is 182 Å². The Morgan fingerprint density at radius 1 is 1.10 bits per heavy atom. The fourth-order valence-corrected chi connectivity index (χ4v) is 4.76. The molecule has 1 spiro atoms. The normalized spacial score (nSPS) is 17.6. The number of aliphatic imine (C=N–C) groups is 2. The number of urea groups is 1. The van der Waals surface area contributed by atoms with Gasteiger partial charge in [0.2, 0.25) is 0 Å². The summed E-state index contributed by atoms with van der Waals surface area (Å²) in [6.45, 7) is 5.51. The number of nitrogens with one attached hydrogen (secondary N) is 1. The molecule has 0 aliphatic carbocycles. The summed E-state index contributed by atoms with van der Waals surface area (Å²) >= 11 is 1.79. The number of rotatable bonds is 4. The average Bonchev–Trinajstić information content (AvgIpc) is 3.11. The number of piperidine rings is 1. The summed E-state index contributed by atoms with van der Waals surface area (Å²) in [6.07, 6.45) is 2.60. The quantitative estimate of drug-likeness (QED) is 0.723. The van der Waals surface area contributed by atoms with E-state index in [1.165, 1.54) is 0 Å². The highest BCUT2D eigenvalue weighted by Crippen LogP contribution is 2.35. The molecule has 0 unspecified atom stereocenters. The molecule has 30 heavy (non-hydrogen) atoms. The van der Waals surface area contributed by atoms with Crippen LogP contribution in [0.4, 0.5) is 10.5 Å². The Bertz CT molecular complexity index is 962. The van der Waals surface area contributed by atoms with Crippen molar-refractivity contribution in [3.05, 3.63) is 65.7 Å². The lowest BCUT2D eigenvalue weighted by molar-refractivity contribution is 0.175. The van der Waals surface area contributed by atoms with Gasteiger partial charge in [0.1, 0.15) is 5.04 Å². The van der Waals surface area contributed by atoms with Crippen molar-refractivity contribution in [1.82, 2.24) is 4.90 Å². The van der Waals surface area contributed by atoms with Crippen molar-refractivity contribution in [2.45, 2.75) is 38.8 Å². The first-order chi connectivity index (χ1) is 14.6. The minimum atomic E-state index is -0.429. The van der Waals surface area contributed by atoms with Crippen LogP contribution in [0.25, 0.3) is 0 Å². The van der Waals surface area contributed by atoms with Crippen molar-refractivity contribution in [3.63, 3.8) is 0 Å². The molecule has 0 bridgehead atoms. The fourth-order valence-electron chi connectivity index (χ4n) is 3.82. The van der Waals surface area contributed by atoms with Gasteiger partial charge in [-0.3, -0.25) is 4.99 Å². The van der Waals surface area contributed by atoms with E-state index in [0.717, 1.165) is 52.6 Å². The molecule has 1 N–H and O–H groups in total. The molecule has 6 heteroatoms. The molecule has 2 aliphatic heterocycles. The number of carbonyl (C=O) groups excluding carboxylic acids is 1. The van der Waals surface area contributed by atoms with E-state index in [0.29, 0.717) is 13.1 Å². The van der Waals surface area contributed by atoms with Gasteiger partial charge in [0.15, 0.2) is 5.66 Å². The summed E-state index contributed by atoms with van der Waals surface area (Å²) in [5, 5.41) is 4.06. The number of anilines is 1. The van der Waals surface area contributed by atoms with Crippen molar-refractivity contribution in [1.29, 1.82) is 0 Å². The minimum absolute atomic E-state index is 0.0507. The fraction of sp³-hybridized carbons (Fsp3) is 0.375. The van der Waals surface area contributed by atoms with E-state index in [1.54, 1.807) is 11.8 Å². The zero-order valence-corrected chi connectivity index (χ0v) is 18.4. The van der Waals surface area contributed by atoms with Crippen molar-refractivity contribution >= 4 is 34.2 Å². The first-order valence-corrected chi connectivity index (χ1v) is 11.6. The van der Waals surface area contributed by atoms with Crippen molar-refractivity contribution in [2.75, 3.05) is 24.2 Å². The molecule has 2 aromatic carbocycles. The van der Waals surface area contributed by atoms with Crippen LogP contribution in [0.3, 0.4) is 0 Å². The lowest BCUT2D eigenvalue weighted by atomic mass is 9.98. The zero-order chi connectivity index (χ0) is 21.0. The molecule has 0 atom stereocenters. The van der Waals surface area contributed by atoms with E-state index in [1.807, 2.05) is 54.3 Å². The summed E-state index contributed by atoms with van der Waals surface area (Å²) in [7, 11) is 0. The maximum Gasteiger partial charge on any atom is 0.321 e. The third-order valence-corrected chi connectivity index (χ3v) is 6.61. The van der Waals surface area contributed by atoms with Crippen molar-refractivity contribution in [2.24, 2.45) is 9.98 Å². The summed E-state index contributed by atoms with van der Waals surface area (Å²) < 4.78 is 0. The summed E-state index contributed by atoms with van der Waals surface area (Å²) in [5.74, 6) is 1.03. The van der Waals surface area contributed by atoms with Crippen LogP contribution in [0.1, 0.15) is 37.3 Å². The second kappa shape index (κ2) is 9.04. The number of hydrogen-bond acceptors (Lipinski definition) is 4. The summed E-state index contributed by atoms with van der Waals surface area (Å²) in [4.78, 5) is 24.8. The van der Waals surface area contributed by atoms with Gasteiger partial charge in [0, 0.05) is 37.2 Å². The molecule has 2 aliphatic rings. The topological polar surface area (TPSA) is 57.1 Å². The van der Waals surface area contributed by atoms with Crippen LogP contribution < -0.4 is 5.32 Å². The molecule has 5 nitrogen and oxygen atoms in total. The summed E-state index contributed by atoms with van der Waals surface area (Å²) in [6, 6.07) is 18.2. The van der Waals surface area contributed by atoms with Gasteiger partial charge in [-0.1, -0.05) is 49.4 Å². The Kier molecular flexibility index (Phi) is 6.23. The Hall–Kier alpha value is -2.60. The second-order valence-corrected chi connectivity index (χ2v) is 8.94. The summed E-state index contributed by atoms with van der Waals surface area (Å²) in [5.41, 5.74) is 3.66. The molecule has 0 radical (unpaired) electrons. The van der Waals surface area contributed by atoms with Gasteiger partial charge in [-0.05, 0) is 36.8 Å². The number of amides is 2.